The summed E-state index contributed by atoms with van der Waals surface area (Å²) in [6.07, 6.45) is 0.878. The lowest BCUT2D eigenvalue weighted by atomic mass is 9.89. The molecule has 0 aromatic heterocycles. The number of benzene rings is 2. The van der Waals surface area contributed by atoms with Crippen LogP contribution in [0.2, 0.25) is 5.02 Å². The van der Waals surface area contributed by atoms with E-state index in [2.05, 4.69) is 41.3 Å². The normalized spacial score (nSPS) is 23.0. The van der Waals surface area contributed by atoms with Gasteiger partial charge in [-0.1, -0.05) is 41.9 Å². The number of ether oxygens (including phenoxy) is 2. The fraction of sp³-hybridized carbons (Fsp3) is 0.429. The van der Waals surface area contributed by atoms with Crippen molar-refractivity contribution in [2.24, 2.45) is 11.7 Å². The lowest BCUT2D eigenvalue weighted by molar-refractivity contribution is 0.296. The molecule has 0 amide bonds. The molecule has 2 heterocycles. The van der Waals surface area contributed by atoms with E-state index in [9.17, 15) is 0 Å². The van der Waals surface area contributed by atoms with Crippen LogP contribution >= 0.6 is 11.6 Å². The molecule has 1 saturated heterocycles. The van der Waals surface area contributed by atoms with Crippen molar-refractivity contribution in [2.75, 3.05) is 32.8 Å². The second kappa shape index (κ2) is 7.87. The molecule has 2 aliphatic heterocycles. The summed E-state index contributed by atoms with van der Waals surface area (Å²) in [7, 11) is 0. The van der Waals surface area contributed by atoms with E-state index in [1.807, 2.05) is 6.07 Å². The molecule has 0 radical (unpaired) electrons. The van der Waals surface area contributed by atoms with E-state index in [1.54, 1.807) is 0 Å². The van der Waals surface area contributed by atoms with Gasteiger partial charge in [0.15, 0.2) is 11.5 Å². The number of hydrogen-bond acceptors (Lipinski definition) is 4. The van der Waals surface area contributed by atoms with Crippen LogP contribution in [-0.4, -0.2) is 37.7 Å². The van der Waals surface area contributed by atoms with Crippen LogP contribution in [0.15, 0.2) is 42.5 Å². The minimum Gasteiger partial charge on any atom is -0.489 e. The van der Waals surface area contributed by atoms with Crippen LogP contribution in [0.4, 0.5) is 0 Å². The molecule has 26 heavy (non-hydrogen) atoms. The van der Waals surface area contributed by atoms with Gasteiger partial charge in [-0.15, -0.1) is 0 Å². The van der Waals surface area contributed by atoms with E-state index in [4.69, 9.17) is 26.8 Å². The van der Waals surface area contributed by atoms with Crippen molar-refractivity contribution in [3.05, 3.63) is 58.6 Å². The van der Waals surface area contributed by atoms with Crippen molar-refractivity contribution >= 4 is 11.6 Å². The number of hydrogen-bond donors (Lipinski definition) is 1. The summed E-state index contributed by atoms with van der Waals surface area (Å²) >= 11 is 6.44. The lowest BCUT2D eigenvalue weighted by Crippen LogP contribution is -2.23. The molecule has 0 bridgehead atoms. The minimum absolute atomic E-state index is 0.480. The zero-order valence-electron chi connectivity index (χ0n) is 14.9. The van der Waals surface area contributed by atoms with E-state index in [1.165, 1.54) is 5.56 Å². The zero-order chi connectivity index (χ0) is 17.9. The maximum absolute atomic E-state index is 6.44. The van der Waals surface area contributed by atoms with Crippen molar-refractivity contribution in [3.8, 4) is 11.5 Å². The maximum atomic E-state index is 6.44. The summed E-state index contributed by atoms with van der Waals surface area (Å²) in [5.74, 6) is 2.40. The number of nitrogens with two attached hydrogens (primary N) is 1. The molecule has 2 N–H and O–H groups in total. The topological polar surface area (TPSA) is 47.7 Å². The van der Waals surface area contributed by atoms with Crippen molar-refractivity contribution in [1.29, 1.82) is 0 Å². The quantitative estimate of drug-likeness (QED) is 0.889. The molecule has 1 fully saturated rings. The van der Waals surface area contributed by atoms with Crippen LogP contribution in [0.25, 0.3) is 0 Å². The maximum Gasteiger partial charge on any atom is 0.179 e. The van der Waals surface area contributed by atoms with E-state index in [-0.39, 0.29) is 0 Å². The summed E-state index contributed by atoms with van der Waals surface area (Å²) in [5, 5.41) is 0.633. The van der Waals surface area contributed by atoms with Crippen molar-refractivity contribution < 1.29 is 9.47 Å². The zero-order valence-corrected chi connectivity index (χ0v) is 15.6. The van der Waals surface area contributed by atoms with Crippen LogP contribution < -0.4 is 15.2 Å². The molecule has 0 aliphatic carbocycles. The van der Waals surface area contributed by atoms with Crippen molar-refractivity contribution in [2.45, 2.75) is 18.9 Å². The second-order valence-electron chi connectivity index (χ2n) is 7.16. The van der Waals surface area contributed by atoms with Crippen LogP contribution in [0.1, 0.15) is 23.5 Å². The highest BCUT2D eigenvalue weighted by Gasteiger charge is 2.32. The molecule has 2 aliphatic rings. The highest BCUT2D eigenvalue weighted by molar-refractivity contribution is 6.32. The van der Waals surface area contributed by atoms with Gasteiger partial charge in [-0.2, -0.15) is 0 Å². The van der Waals surface area contributed by atoms with E-state index in [0.29, 0.717) is 42.4 Å². The Morgan fingerprint density at radius 1 is 1.08 bits per heavy atom. The lowest BCUT2D eigenvalue weighted by Gasteiger charge is -2.18. The van der Waals surface area contributed by atoms with Gasteiger partial charge in [0, 0.05) is 32.0 Å². The van der Waals surface area contributed by atoms with E-state index < -0.39 is 0 Å². The first kappa shape index (κ1) is 17.7. The number of rotatable bonds is 4. The van der Waals surface area contributed by atoms with Gasteiger partial charge in [-0.3, -0.25) is 4.90 Å². The van der Waals surface area contributed by atoms with Gasteiger partial charge in [-0.05, 0) is 35.7 Å². The fourth-order valence-corrected chi connectivity index (χ4v) is 4.33. The fourth-order valence-electron chi connectivity index (χ4n) is 4.04. The van der Waals surface area contributed by atoms with Crippen LogP contribution in [-0.2, 0) is 6.54 Å². The second-order valence-corrected chi connectivity index (χ2v) is 7.57. The Hall–Kier alpha value is -1.75. The molecule has 0 spiro atoms. The summed E-state index contributed by atoms with van der Waals surface area (Å²) in [6.45, 7) is 4.88. The summed E-state index contributed by atoms with van der Waals surface area (Å²) < 4.78 is 11.5. The predicted molar refractivity (Wildman–Crippen MR) is 104 cm³/mol. The average molecular weight is 373 g/mol. The largest absolute Gasteiger partial charge is 0.489 e. The van der Waals surface area contributed by atoms with Gasteiger partial charge in [-0.25, -0.2) is 0 Å². The first-order valence-electron chi connectivity index (χ1n) is 9.30. The van der Waals surface area contributed by atoms with Gasteiger partial charge in [0.2, 0.25) is 0 Å². The van der Waals surface area contributed by atoms with Crippen molar-refractivity contribution in [1.82, 2.24) is 4.90 Å². The summed E-state index contributed by atoms with van der Waals surface area (Å²) in [6, 6.07) is 14.8. The Labute approximate surface area is 159 Å². The molecule has 2 aromatic rings. The molecule has 4 nitrogen and oxygen atoms in total. The molecule has 138 valence electrons. The van der Waals surface area contributed by atoms with Crippen LogP contribution in [0.3, 0.4) is 0 Å². The first-order chi connectivity index (χ1) is 12.7. The minimum atomic E-state index is 0.480. The molecule has 5 heteroatoms. The van der Waals surface area contributed by atoms with E-state index >= 15 is 0 Å². The molecule has 0 saturated carbocycles. The average Bonchev–Trinajstić information content (AvgIpc) is 2.91. The van der Waals surface area contributed by atoms with E-state index in [0.717, 1.165) is 37.4 Å². The van der Waals surface area contributed by atoms with Gasteiger partial charge < -0.3 is 15.2 Å². The van der Waals surface area contributed by atoms with Crippen LogP contribution in [0, 0.1) is 5.92 Å². The molecule has 2 aromatic carbocycles. The number of fused-ring (bicyclic) bond motifs is 1. The molecule has 0 unspecified atom stereocenters. The SMILES string of the molecule is NC[C@@H]1CN(Cc2cc(Cl)c3c(c2)OCCCO3)C[C@H]1c1ccccc1. The Bertz CT molecular complexity index is 753. The Kier molecular flexibility index (Phi) is 5.34. The molecule has 2 atom stereocenters. The standard InChI is InChI=1S/C21H25ClN2O2/c22-19-9-15(10-20-21(19)26-8-4-7-25-20)12-24-13-17(11-23)18(14-24)16-5-2-1-3-6-16/h1-3,5-6,9-10,17-18H,4,7-8,11-14,23H2/t17-,18+/m1/s1. The van der Waals surface area contributed by atoms with Gasteiger partial charge >= 0.3 is 0 Å². The third-order valence-corrected chi connectivity index (χ3v) is 5.60. The number of halogens is 1. The summed E-state index contributed by atoms with van der Waals surface area (Å²) in [4.78, 5) is 2.46. The number of nitrogens with zero attached hydrogens (tertiary/aromatic N) is 1. The van der Waals surface area contributed by atoms with Crippen LogP contribution in [0.5, 0.6) is 11.5 Å². The third kappa shape index (κ3) is 3.68. The highest BCUT2D eigenvalue weighted by atomic mass is 35.5. The summed E-state index contributed by atoms with van der Waals surface area (Å²) in [5.41, 5.74) is 8.60. The highest BCUT2D eigenvalue weighted by Crippen LogP contribution is 2.39. The van der Waals surface area contributed by atoms with Gasteiger partial charge in [0.25, 0.3) is 0 Å². The molecule has 4 rings (SSSR count). The Morgan fingerprint density at radius 2 is 1.88 bits per heavy atom. The number of likely N-dealkylation sites (tertiary alicyclic amines) is 1. The third-order valence-electron chi connectivity index (χ3n) is 5.32. The first-order valence-corrected chi connectivity index (χ1v) is 9.68. The molecular weight excluding hydrogens is 348 g/mol. The van der Waals surface area contributed by atoms with Gasteiger partial charge in [0.05, 0.1) is 18.2 Å². The van der Waals surface area contributed by atoms with Crippen molar-refractivity contribution in [3.63, 3.8) is 0 Å². The predicted octanol–water partition coefficient (Wildman–Crippen LogP) is 3.68. The Morgan fingerprint density at radius 3 is 2.69 bits per heavy atom. The monoisotopic (exact) mass is 372 g/mol. The van der Waals surface area contributed by atoms with Gasteiger partial charge in [0.1, 0.15) is 0 Å². The Balaban J connectivity index is 1.51. The molecular formula is C21H25ClN2O2. The smallest absolute Gasteiger partial charge is 0.179 e.